The molecular weight excluding hydrogens is 319 g/mol. The van der Waals surface area contributed by atoms with Gasteiger partial charge in [-0.25, -0.2) is 4.39 Å². The molecule has 2 aromatic carbocycles. The number of hydrogen-bond acceptors (Lipinski definition) is 2. The molecule has 2 aromatic rings. The quantitative estimate of drug-likeness (QED) is 0.932. The Morgan fingerprint density at radius 3 is 2.68 bits per heavy atom. The first-order valence-corrected chi connectivity index (χ1v) is 8.61. The molecule has 0 saturated carbocycles. The summed E-state index contributed by atoms with van der Waals surface area (Å²) in [7, 11) is 0. The Hall–Kier alpha value is -2.69. The van der Waals surface area contributed by atoms with E-state index in [0.717, 1.165) is 23.2 Å². The predicted octanol–water partition coefficient (Wildman–Crippen LogP) is 2.63. The first-order valence-electron chi connectivity index (χ1n) is 8.61. The second-order valence-corrected chi connectivity index (χ2v) is 6.54. The van der Waals surface area contributed by atoms with E-state index < -0.39 is 0 Å². The van der Waals surface area contributed by atoms with Crippen molar-refractivity contribution in [2.75, 3.05) is 18.0 Å². The van der Waals surface area contributed by atoms with Gasteiger partial charge < -0.3 is 10.2 Å². The van der Waals surface area contributed by atoms with Gasteiger partial charge in [0, 0.05) is 25.1 Å². The molecule has 25 heavy (non-hydrogen) atoms. The molecule has 4 nitrogen and oxygen atoms in total. The van der Waals surface area contributed by atoms with Gasteiger partial charge in [0.05, 0.1) is 5.69 Å². The van der Waals surface area contributed by atoms with Gasteiger partial charge in [-0.1, -0.05) is 18.2 Å². The highest BCUT2D eigenvalue weighted by atomic mass is 19.1. The van der Waals surface area contributed by atoms with Crippen molar-refractivity contribution in [3.05, 3.63) is 64.5 Å². The summed E-state index contributed by atoms with van der Waals surface area (Å²) in [6.07, 6.45) is 2.45. The van der Waals surface area contributed by atoms with E-state index in [1.807, 2.05) is 17.0 Å². The van der Waals surface area contributed by atoms with Crippen LogP contribution in [0.15, 0.2) is 36.4 Å². The molecule has 0 atom stereocenters. The van der Waals surface area contributed by atoms with Crippen LogP contribution in [0.4, 0.5) is 10.1 Å². The van der Waals surface area contributed by atoms with Crippen molar-refractivity contribution < 1.29 is 14.0 Å². The van der Waals surface area contributed by atoms with E-state index in [1.54, 1.807) is 18.2 Å². The number of rotatable bonds is 4. The minimum atomic E-state index is -0.247. The first kappa shape index (κ1) is 15.8. The Labute approximate surface area is 145 Å². The van der Waals surface area contributed by atoms with Gasteiger partial charge in [0.15, 0.2) is 0 Å². The Kier molecular flexibility index (Phi) is 3.99. The molecule has 2 heterocycles. The lowest BCUT2D eigenvalue weighted by atomic mass is 9.96. The van der Waals surface area contributed by atoms with Gasteiger partial charge in [0.2, 0.25) is 5.91 Å². The third-order valence-electron chi connectivity index (χ3n) is 4.95. The van der Waals surface area contributed by atoms with E-state index in [2.05, 4.69) is 5.32 Å². The molecule has 2 amide bonds. The maximum atomic E-state index is 13.6. The average Bonchev–Trinajstić information content (AvgIpc) is 3.05. The Bertz CT molecular complexity index is 863. The van der Waals surface area contributed by atoms with Crippen molar-refractivity contribution in [2.24, 2.45) is 0 Å². The SMILES string of the molecule is O=C(NCCc1ccccc1F)c1cc2c3c(c1)CCN3C(=O)CC2. The number of benzene rings is 2. The van der Waals surface area contributed by atoms with Crippen molar-refractivity contribution in [3.63, 3.8) is 0 Å². The molecule has 1 N–H and O–H groups in total. The fraction of sp³-hybridized carbons (Fsp3) is 0.300. The summed E-state index contributed by atoms with van der Waals surface area (Å²) in [5, 5.41) is 2.87. The molecule has 0 spiro atoms. The summed E-state index contributed by atoms with van der Waals surface area (Å²) < 4.78 is 13.6. The van der Waals surface area contributed by atoms with Crippen LogP contribution >= 0.6 is 0 Å². The van der Waals surface area contributed by atoms with Crippen molar-refractivity contribution in [1.82, 2.24) is 5.32 Å². The van der Waals surface area contributed by atoms with Crippen LogP contribution in [0.3, 0.4) is 0 Å². The van der Waals surface area contributed by atoms with E-state index in [4.69, 9.17) is 0 Å². The maximum Gasteiger partial charge on any atom is 0.251 e. The topological polar surface area (TPSA) is 49.4 Å². The highest BCUT2D eigenvalue weighted by Crippen LogP contribution is 2.37. The van der Waals surface area contributed by atoms with Crippen molar-refractivity contribution in [3.8, 4) is 0 Å². The number of hydrogen-bond donors (Lipinski definition) is 1. The second kappa shape index (κ2) is 6.31. The minimum absolute atomic E-state index is 0.147. The summed E-state index contributed by atoms with van der Waals surface area (Å²) in [4.78, 5) is 26.3. The van der Waals surface area contributed by atoms with Gasteiger partial charge in [0.1, 0.15) is 5.82 Å². The lowest BCUT2D eigenvalue weighted by Crippen LogP contribution is -2.33. The van der Waals surface area contributed by atoms with Crippen molar-refractivity contribution in [1.29, 1.82) is 0 Å². The zero-order chi connectivity index (χ0) is 17.4. The van der Waals surface area contributed by atoms with Gasteiger partial charge in [-0.05, 0) is 54.2 Å². The van der Waals surface area contributed by atoms with Gasteiger partial charge in [-0.2, -0.15) is 0 Å². The molecule has 0 bridgehead atoms. The standard InChI is InChI=1S/C20H19FN2O2/c21-17-4-2-1-3-13(17)7-9-22-20(25)16-11-14-5-6-18(24)23-10-8-15(12-16)19(14)23/h1-4,11-12H,5-10H2,(H,22,25). The van der Waals surface area contributed by atoms with Crippen LogP contribution in [0.5, 0.6) is 0 Å². The van der Waals surface area contributed by atoms with Crippen LogP contribution in [0, 0.1) is 5.82 Å². The molecule has 0 saturated heterocycles. The molecule has 0 fully saturated rings. The largest absolute Gasteiger partial charge is 0.352 e. The number of anilines is 1. The van der Waals surface area contributed by atoms with Gasteiger partial charge >= 0.3 is 0 Å². The fourth-order valence-electron chi connectivity index (χ4n) is 3.70. The first-order chi connectivity index (χ1) is 12.1. The van der Waals surface area contributed by atoms with Gasteiger partial charge in [0.25, 0.3) is 5.91 Å². The highest BCUT2D eigenvalue weighted by Gasteiger charge is 2.31. The monoisotopic (exact) mass is 338 g/mol. The van der Waals surface area contributed by atoms with E-state index in [9.17, 15) is 14.0 Å². The van der Waals surface area contributed by atoms with E-state index in [0.29, 0.717) is 43.5 Å². The number of aryl methyl sites for hydroxylation is 1. The molecule has 2 aliphatic rings. The van der Waals surface area contributed by atoms with Gasteiger partial charge in [-0.3, -0.25) is 9.59 Å². The number of carbonyl (C=O) groups excluding carboxylic acids is 2. The molecule has 2 aliphatic heterocycles. The van der Waals surface area contributed by atoms with Gasteiger partial charge in [-0.15, -0.1) is 0 Å². The molecule has 5 heteroatoms. The summed E-state index contributed by atoms with van der Waals surface area (Å²) in [6.45, 7) is 1.09. The van der Waals surface area contributed by atoms with E-state index in [1.165, 1.54) is 6.07 Å². The predicted molar refractivity (Wildman–Crippen MR) is 93.3 cm³/mol. The molecule has 0 unspecified atom stereocenters. The average molecular weight is 338 g/mol. The summed E-state index contributed by atoms with van der Waals surface area (Å²) in [5.41, 5.74) is 4.39. The summed E-state index contributed by atoms with van der Waals surface area (Å²) in [6, 6.07) is 10.4. The smallest absolute Gasteiger partial charge is 0.251 e. The Morgan fingerprint density at radius 1 is 1.12 bits per heavy atom. The van der Waals surface area contributed by atoms with E-state index in [-0.39, 0.29) is 17.6 Å². The number of amides is 2. The number of nitrogens with zero attached hydrogens (tertiary/aromatic N) is 1. The molecule has 4 rings (SSSR count). The molecule has 0 radical (unpaired) electrons. The van der Waals surface area contributed by atoms with Crippen LogP contribution in [0.25, 0.3) is 0 Å². The Balaban J connectivity index is 1.47. The van der Waals surface area contributed by atoms with Crippen LogP contribution in [0.1, 0.15) is 33.5 Å². The van der Waals surface area contributed by atoms with Crippen molar-refractivity contribution in [2.45, 2.75) is 25.7 Å². The number of nitrogens with one attached hydrogen (secondary N) is 1. The summed E-state index contributed by atoms with van der Waals surface area (Å²) >= 11 is 0. The van der Waals surface area contributed by atoms with Crippen LogP contribution in [0.2, 0.25) is 0 Å². The molecule has 128 valence electrons. The minimum Gasteiger partial charge on any atom is -0.352 e. The highest BCUT2D eigenvalue weighted by molar-refractivity contribution is 6.01. The normalized spacial score (nSPS) is 15.2. The third kappa shape index (κ3) is 2.90. The molecular formula is C20H19FN2O2. The number of carbonyl (C=O) groups is 2. The molecule has 0 aromatic heterocycles. The van der Waals surface area contributed by atoms with Crippen LogP contribution in [-0.4, -0.2) is 24.9 Å². The lowest BCUT2D eigenvalue weighted by Gasteiger charge is -2.25. The maximum absolute atomic E-state index is 13.6. The van der Waals surface area contributed by atoms with Crippen LogP contribution in [-0.2, 0) is 24.1 Å². The fourth-order valence-corrected chi connectivity index (χ4v) is 3.70. The Morgan fingerprint density at radius 2 is 1.88 bits per heavy atom. The lowest BCUT2D eigenvalue weighted by molar-refractivity contribution is -0.118. The second-order valence-electron chi connectivity index (χ2n) is 6.54. The zero-order valence-corrected chi connectivity index (χ0v) is 13.8. The van der Waals surface area contributed by atoms with E-state index >= 15 is 0 Å². The molecule has 0 aliphatic carbocycles. The van der Waals surface area contributed by atoms with Crippen molar-refractivity contribution >= 4 is 17.5 Å². The third-order valence-corrected chi connectivity index (χ3v) is 4.95. The number of halogens is 1. The summed E-state index contributed by atoms with van der Waals surface area (Å²) in [5.74, 6) is -0.220. The zero-order valence-electron chi connectivity index (χ0n) is 13.8. The van der Waals surface area contributed by atoms with Crippen LogP contribution < -0.4 is 10.2 Å².